The highest BCUT2D eigenvalue weighted by Crippen LogP contribution is 2.22. The molecule has 0 spiro atoms. The summed E-state index contributed by atoms with van der Waals surface area (Å²) in [5, 5.41) is 76.0. The molecule has 1 rings (SSSR count). The number of amides is 12. The highest BCUT2D eigenvalue weighted by Gasteiger charge is 2.40. The number of primary amides is 1. The number of nitrogens with two attached hydrogens (primary N) is 9. The third-order valence-electron chi connectivity index (χ3n) is 16.7. The Bertz CT molecular complexity index is 3240. The minimum absolute atomic E-state index is 0.00157. The first-order chi connectivity index (χ1) is 51.2. The molecule has 42 nitrogen and oxygen atoms in total. The SMILES string of the molecule is CC(C)[C@H](NC(=O)[C@@H](NC(=O)[C@H](CCCN=C(N)N)NC(=O)[C@H](CCCCN)NC(=O)[C@H](CO)NC(=O)[C@H](CCCN=C(N)N)NC(=O)[C@H](CCC(=O)O)NC(=O)[C@H](CCCCN)NC(=O)[C@H](N)Cc1ccc(O)cc1)C(C)(C)C)C(=O)N[C@@H](CCC(N)=O)C(=O)N[C@@H](CCCCN)C(=O)N[C@@H](CC(=O)O)C(=O)O. The van der Waals surface area contributed by atoms with Crippen LogP contribution in [0, 0.1) is 11.3 Å². The molecule has 42 heteroatoms. The number of unbranched alkanes of at least 4 members (excludes halogenated alkanes) is 3. The number of carboxylic acid groups (broad SMARTS) is 3. The average molecular weight is 1550 g/mol. The Kier molecular flexibility index (Phi) is 45.0. The van der Waals surface area contributed by atoms with Gasteiger partial charge in [0.05, 0.1) is 19.1 Å². The largest absolute Gasteiger partial charge is 0.508 e. The number of carboxylic acids is 3. The van der Waals surface area contributed by atoms with Crippen molar-refractivity contribution < 1.29 is 97.5 Å². The monoisotopic (exact) mass is 1550 g/mol. The van der Waals surface area contributed by atoms with Crippen LogP contribution in [0.4, 0.5) is 0 Å². The van der Waals surface area contributed by atoms with Gasteiger partial charge in [-0.15, -0.1) is 0 Å². The predicted octanol–water partition coefficient (Wildman–Crippen LogP) is -7.53. The lowest BCUT2D eigenvalue weighted by atomic mass is 9.85. The molecular weight excluding hydrogens is 1430 g/mol. The quantitative estimate of drug-likeness (QED) is 0.0164. The van der Waals surface area contributed by atoms with Crippen molar-refractivity contribution in [3.63, 3.8) is 0 Å². The number of carbonyl (C=O) groups is 15. The van der Waals surface area contributed by atoms with Crippen molar-refractivity contribution in [2.75, 3.05) is 39.3 Å². The van der Waals surface area contributed by atoms with Crippen LogP contribution in [0.15, 0.2) is 34.3 Å². The fraction of sp³-hybridized carbons (Fsp3) is 0.657. The number of phenolic OH excluding ortho intramolecular Hbond substituents is 1. The average Bonchev–Trinajstić information content (AvgIpc) is 0.827. The summed E-state index contributed by atoms with van der Waals surface area (Å²) in [5.74, 6) is -18.3. The molecule has 34 N–H and O–H groups in total. The van der Waals surface area contributed by atoms with Crippen LogP contribution < -0.4 is 110 Å². The molecule has 0 aliphatic carbocycles. The summed E-state index contributed by atoms with van der Waals surface area (Å²) in [6, 6.07) is -13.2. The van der Waals surface area contributed by atoms with Gasteiger partial charge in [0.1, 0.15) is 72.2 Å². The first-order valence-electron chi connectivity index (χ1n) is 35.8. The van der Waals surface area contributed by atoms with Crippen molar-refractivity contribution in [1.29, 1.82) is 0 Å². The maximum atomic E-state index is 14.7. The van der Waals surface area contributed by atoms with Crippen LogP contribution in [0.2, 0.25) is 0 Å². The van der Waals surface area contributed by atoms with E-state index >= 15 is 0 Å². The van der Waals surface area contributed by atoms with Crippen LogP contribution in [-0.4, -0.2) is 238 Å². The number of aromatic hydroxyl groups is 1. The summed E-state index contributed by atoms with van der Waals surface area (Å²) in [6.45, 7) is 6.82. The Morgan fingerprint density at radius 2 is 0.752 bits per heavy atom. The highest BCUT2D eigenvalue weighted by molar-refractivity contribution is 6.00. The number of nitrogens with zero attached hydrogens (tertiary/aromatic N) is 2. The van der Waals surface area contributed by atoms with Gasteiger partial charge in [-0.2, -0.15) is 0 Å². The van der Waals surface area contributed by atoms with Crippen molar-refractivity contribution in [3.8, 4) is 5.75 Å². The lowest BCUT2D eigenvalue weighted by molar-refractivity contribution is -0.147. The van der Waals surface area contributed by atoms with E-state index in [1.807, 2.05) is 0 Å². The van der Waals surface area contributed by atoms with E-state index in [2.05, 4.69) is 68.5 Å². The van der Waals surface area contributed by atoms with E-state index in [1.165, 1.54) is 26.0 Å². The van der Waals surface area contributed by atoms with Crippen LogP contribution in [0.5, 0.6) is 5.75 Å². The smallest absolute Gasteiger partial charge is 0.326 e. The first-order valence-corrected chi connectivity index (χ1v) is 35.8. The Hall–Kier alpha value is -10.6. The number of nitrogens with one attached hydrogen (secondary N) is 11. The number of phenols is 1. The summed E-state index contributed by atoms with van der Waals surface area (Å²) in [5.41, 5.74) is 50.3. The van der Waals surface area contributed by atoms with Crippen LogP contribution in [0.25, 0.3) is 0 Å². The maximum Gasteiger partial charge on any atom is 0.326 e. The Labute approximate surface area is 631 Å². The molecule has 0 aliphatic rings. The standard InChI is InChI=1S/C67H116N22O20/c1-35(2)51(62(106)85-44(23-25-48(72)92)58(102)80-41(16-8-11-29-70)56(100)86-46(64(108)109)33-50(95)96)88-63(107)52(67(3,4)5)89-60(104)43(18-13-31-78-66(75)76)82-55(99)40(15-7-10-28-69)83-61(105)47(34-90)87-57(101)42(17-12-30-77-65(73)74)81-59(103)45(24-26-49(93)94)84-54(98)39(14-6-9-27-68)79-53(97)38(71)32-36-19-21-37(91)22-20-36/h19-22,35,38-47,51-52,90-91H,6-18,23-34,68-71H2,1-5H3,(H2,72,92)(H,79,97)(H,80,102)(H,81,103)(H,82,99)(H,83,105)(H,84,98)(H,85,106)(H,86,100)(H,87,101)(H,88,107)(H,89,104)(H,93,94)(H,95,96)(H,108,109)(H4,73,74,77)(H4,75,76,78)/t38-,39+,40+,41+,42+,43+,44+,45+,46+,47+,51+,52-/m1/s1. The van der Waals surface area contributed by atoms with E-state index in [-0.39, 0.29) is 115 Å². The molecule has 0 unspecified atom stereocenters. The van der Waals surface area contributed by atoms with Crippen molar-refractivity contribution in [1.82, 2.24) is 58.5 Å². The van der Waals surface area contributed by atoms with Gasteiger partial charge in [0.15, 0.2) is 11.9 Å². The summed E-state index contributed by atoms with van der Waals surface area (Å²) in [7, 11) is 0. The molecule has 0 aliphatic heterocycles. The van der Waals surface area contributed by atoms with E-state index in [9.17, 15) is 97.5 Å². The van der Waals surface area contributed by atoms with Crippen molar-refractivity contribution in [2.45, 2.75) is 229 Å². The molecule has 0 radical (unpaired) electrons. The van der Waals surface area contributed by atoms with Gasteiger partial charge in [0, 0.05) is 25.9 Å². The molecule has 0 fully saturated rings. The zero-order valence-electron chi connectivity index (χ0n) is 62.4. The van der Waals surface area contributed by atoms with Crippen LogP contribution in [0.1, 0.15) is 156 Å². The van der Waals surface area contributed by atoms with Gasteiger partial charge in [-0.25, -0.2) is 4.79 Å². The fourth-order valence-electron chi connectivity index (χ4n) is 10.6. The van der Waals surface area contributed by atoms with Crippen LogP contribution in [-0.2, 0) is 78.3 Å². The number of guanidine groups is 2. The summed E-state index contributed by atoms with van der Waals surface area (Å²) in [6.07, 6.45) is -2.45. The van der Waals surface area contributed by atoms with Gasteiger partial charge in [-0.1, -0.05) is 46.8 Å². The van der Waals surface area contributed by atoms with E-state index < -0.39 is 211 Å². The summed E-state index contributed by atoms with van der Waals surface area (Å²) in [4.78, 5) is 211. The third-order valence-corrected chi connectivity index (χ3v) is 16.7. The number of aliphatic imine (C=N–C) groups is 2. The lowest BCUT2D eigenvalue weighted by Gasteiger charge is -2.34. The van der Waals surface area contributed by atoms with E-state index in [1.54, 1.807) is 32.9 Å². The van der Waals surface area contributed by atoms with Crippen molar-refractivity contribution in [3.05, 3.63) is 29.8 Å². The predicted molar refractivity (Wildman–Crippen MR) is 396 cm³/mol. The second-order valence-electron chi connectivity index (χ2n) is 27.4. The number of carbonyl (C=O) groups excluding carboxylic acids is 12. The number of aliphatic hydroxyl groups excluding tert-OH is 1. The molecule has 1 aromatic carbocycles. The van der Waals surface area contributed by atoms with E-state index in [0.717, 1.165) is 0 Å². The minimum atomic E-state index is -1.91. The van der Waals surface area contributed by atoms with Crippen LogP contribution in [0.3, 0.4) is 0 Å². The molecule has 0 saturated heterocycles. The van der Waals surface area contributed by atoms with Crippen LogP contribution >= 0.6 is 0 Å². The number of aliphatic carboxylic acids is 3. The molecule has 614 valence electrons. The van der Waals surface area contributed by atoms with Crippen molar-refractivity contribution in [2.24, 2.45) is 72.9 Å². The molecule has 109 heavy (non-hydrogen) atoms. The molecule has 0 bridgehead atoms. The summed E-state index contributed by atoms with van der Waals surface area (Å²) < 4.78 is 0. The summed E-state index contributed by atoms with van der Waals surface area (Å²) >= 11 is 0. The van der Waals surface area contributed by atoms with E-state index in [4.69, 9.17) is 51.6 Å². The molecule has 0 aromatic heterocycles. The number of aliphatic hydroxyl groups is 1. The molecule has 0 heterocycles. The van der Waals surface area contributed by atoms with Gasteiger partial charge in [0.2, 0.25) is 70.9 Å². The molecular formula is C67H116N22O20. The number of rotatable bonds is 55. The second kappa shape index (κ2) is 50.9. The minimum Gasteiger partial charge on any atom is -0.508 e. The van der Waals surface area contributed by atoms with Crippen molar-refractivity contribution >= 4 is 101 Å². The van der Waals surface area contributed by atoms with Gasteiger partial charge in [0.25, 0.3) is 0 Å². The molecule has 1 aromatic rings. The number of benzene rings is 1. The maximum absolute atomic E-state index is 14.7. The lowest BCUT2D eigenvalue weighted by Crippen LogP contribution is -2.63. The van der Waals surface area contributed by atoms with E-state index in [0.29, 0.717) is 31.2 Å². The zero-order chi connectivity index (χ0) is 82.7. The molecule has 12 atom stereocenters. The fourth-order valence-corrected chi connectivity index (χ4v) is 10.6. The Morgan fingerprint density at radius 3 is 1.09 bits per heavy atom. The Balaban J connectivity index is 3.74. The molecule has 12 amide bonds. The topological polar surface area (TPSA) is 748 Å². The van der Waals surface area contributed by atoms with Gasteiger partial charge in [-0.3, -0.25) is 77.1 Å². The Morgan fingerprint density at radius 1 is 0.413 bits per heavy atom. The number of hydrogen-bond donors (Lipinski definition) is 25. The molecule has 0 saturated carbocycles. The van der Waals surface area contributed by atoms with Gasteiger partial charge in [-0.05, 0) is 151 Å². The zero-order valence-corrected chi connectivity index (χ0v) is 62.4. The third kappa shape index (κ3) is 39.2. The second-order valence-corrected chi connectivity index (χ2v) is 27.4. The first kappa shape index (κ1) is 96.4. The highest BCUT2D eigenvalue weighted by atomic mass is 16.4. The van der Waals surface area contributed by atoms with Gasteiger partial charge >= 0.3 is 17.9 Å². The number of hydrogen-bond acceptors (Lipinski definition) is 23. The normalized spacial score (nSPS) is 14.5. The van der Waals surface area contributed by atoms with Gasteiger partial charge < -0.3 is 136 Å².